The van der Waals surface area contributed by atoms with Crippen molar-refractivity contribution in [2.75, 3.05) is 36.4 Å². The molecule has 0 spiro atoms. The Hall–Kier alpha value is -2.27. The molecule has 24 heavy (non-hydrogen) atoms. The third-order valence-electron chi connectivity index (χ3n) is 4.19. The fraction of sp³-hybridized carbons (Fsp3) is 0.278. The second-order valence-electron chi connectivity index (χ2n) is 5.82. The SMILES string of the molecule is Cc1ccccc1N1CCN(C(=O)Nc2ccc(F)c(Cl)c2)CC1. The van der Waals surface area contributed by atoms with Gasteiger partial charge in [0.05, 0.1) is 5.02 Å². The highest BCUT2D eigenvalue weighted by molar-refractivity contribution is 6.31. The number of hydrogen-bond acceptors (Lipinski definition) is 2. The predicted octanol–water partition coefficient (Wildman–Crippen LogP) is 4.14. The summed E-state index contributed by atoms with van der Waals surface area (Å²) in [4.78, 5) is 16.4. The Bertz CT molecular complexity index is 745. The molecule has 1 aliphatic rings. The zero-order chi connectivity index (χ0) is 17.1. The summed E-state index contributed by atoms with van der Waals surface area (Å²) < 4.78 is 13.2. The first-order valence-corrected chi connectivity index (χ1v) is 8.24. The highest BCUT2D eigenvalue weighted by Gasteiger charge is 2.22. The summed E-state index contributed by atoms with van der Waals surface area (Å²) in [5.41, 5.74) is 2.94. The molecule has 1 aliphatic heterocycles. The molecule has 3 rings (SSSR count). The van der Waals surface area contributed by atoms with E-state index in [-0.39, 0.29) is 11.1 Å². The van der Waals surface area contributed by atoms with E-state index in [1.54, 1.807) is 4.90 Å². The maximum Gasteiger partial charge on any atom is 0.321 e. The molecule has 2 aromatic rings. The van der Waals surface area contributed by atoms with E-state index in [1.165, 1.54) is 29.4 Å². The van der Waals surface area contributed by atoms with E-state index in [4.69, 9.17) is 11.6 Å². The molecule has 0 unspecified atom stereocenters. The van der Waals surface area contributed by atoms with Crippen LogP contribution in [0.3, 0.4) is 0 Å². The lowest BCUT2D eigenvalue weighted by Crippen LogP contribution is -2.50. The lowest BCUT2D eigenvalue weighted by molar-refractivity contribution is 0.208. The van der Waals surface area contributed by atoms with Crippen molar-refractivity contribution in [1.82, 2.24) is 4.90 Å². The highest BCUT2D eigenvalue weighted by Crippen LogP contribution is 2.22. The van der Waals surface area contributed by atoms with Crippen molar-refractivity contribution in [2.24, 2.45) is 0 Å². The van der Waals surface area contributed by atoms with E-state index < -0.39 is 5.82 Å². The minimum Gasteiger partial charge on any atom is -0.368 e. The van der Waals surface area contributed by atoms with Gasteiger partial charge in [0.25, 0.3) is 0 Å². The van der Waals surface area contributed by atoms with E-state index in [2.05, 4.69) is 29.3 Å². The number of rotatable bonds is 2. The summed E-state index contributed by atoms with van der Waals surface area (Å²) in [5, 5.41) is 2.76. The molecule has 6 heteroatoms. The quantitative estimate of drug-likeness (QED) is 0.886. The molecular formula is C18H19ClFN3O. The number of anilines is 2. The van der Waals surface area contributed by atoms with Crippen LogP contribution in [0.25, 0.3) is 0 Å². The molecule has 126 valence electrons. The van der Waals surface area contributed by atoms with Gasteiger partial charge in [-0.25, -0.2) is 9.18 Å². The number of para-hydroxylation sites is 1. The Morgan fingerprint density at radius 3 is 2.50 bits per heavy atom. The van der Waals surface area contributed by atoms with Crippen LogP contribution in [-0.4, -0.2) is 37.1 Å². The van der Waals surface area contributed by atoms with Crippen LogP contribution in [0.1, 0.15) is 5.56 Å². The number of carbonyl (C=O) groups excluding carboxylic acids is 1. The minimum atomic E-state index is -0.499. The Balaban J connectivity index is 1.59. The van der Waals surface area contributed by atoms with E-state index in [0.29, 0.717) is 18.8 Å². The molecule has 1 heterocycles. The maximum absolute atomic E-state index is 13.2. The Morgan fingerprint density at radius 2 is 1.83 bits per heavy atom. The zero-order valence-electron chi connectivity index (χ0n) is 13.4. The van der Waals surface area contributed by atoms with Crippen LogP contribution >= 0.6 is 11.6 Å². The van der Waals surface area contributed by atoms with Crippen molar-refractivity contribution >= 4 is 29.0 Å². The number of aryl methyl sites for hydroxylation is 1. The number of piperazine rings is 1. The molecule has 0 atom stereocenters. The molecule has 4 nitrogen and oxygen atoms in total. The van der Waals surface area contributed by atoms with Crippen LogP contribution in [0.5, 0.6) is 0 Å². The van der Waals surface area contributed by atoms with Crippen molar-refractivity contribution in [1.29, 1.82) is 0 Å². The lowest BCUT2D eigenvalue weighted by atomic mass is 10.1. The van der Waals surface area contributed by atoms with E-state index in [0.717, 1.165) is 13.1 Å². The number of nitrogens with zero attached hydrogens (tertiary/aromatic N) is 2. The number of amides is 2. The van der Waals surface area contributed by atoms with Crippen molar-refractivity contribution in [2.45, 2.75) is 6.92 Å². The third-order valence-corrected chi connectivity index (χ3v) is 4.48. The van der Waals surface area contributed by atoms with E-state index in [9.17, 15) is 9.18 Å². The van der Waals surface area contributed by atoms with Crippen LogP contribution < -0.4 is 10.2 Å². The molecule has 0 aliphatic carbocycles. The predicted molar refractivity (Wildman–Crippen MR) is 95.4 cm³/mol. The number of halogens is 2. The van der Waals surface area contributed by atoms with Gasteiger partial charge in [-0.05, 0) is 36.8 Å². The average molecular weight is 348 g/mol. The van der Waals surface area contributed by atoms with Crippen molar-refractivity contribution < 1.29 is 9.18 Å². The molecule has 0 bridgehead atoms. The van der Waals surface area contributed by atoms with Crippen molar-refractivity contribution in [3.8, 4) is 0 Å². The molecule has 0 radical (unpaired) electrons. The van der Waals surface area contributed by atoms with Gasteiger partial charge in [-0.1, -0.05) is 29.8 Å². The Labute approximate surface area is 145 Å². The van der Waals surface area contributed by atoms with Crippen molar-refractivity contribution in [3.05, 3.63) is 58.9 Å². The van der Waals surface area contributed by atoms with Gasteiger partial charge in [-0.2, -0.15) is 0 Å². The van der Waals surface area contributed by atoms with E-state index in [1.807, 2.05) is 12.1 Å². The molecule has 2 amide bonds. The zero-order valence-corrected chi connectivity index (χ0v) is 14.2. The molecule has 1 N–H and O–H groups in total. The van der Waals surface area contributed by atoms with Crippen LogP contribution in [0.4, 0.5) is 20.6 Å². The highest BCUT2D eigenvalue weighted by atomic mass is 35.5. The van der Waals surface area contributed by atoms with Crippen LogP contribution in [0.2, 0.25) is 5.02 Å². The topological polar surface area (TPSA) is 35.6 Å². The molecule has 1 fully saturated rings. The van der Waals surface area contributed by atoms with Crippen molar-refractivity contribution in [3.63, 3.8) is 0 Å². The lowest BCUT2D eigenvalue weighted by Gasteiger charge is -2.36. The molecular weight excluding hydrogens is 329 g/mol. The minimum absolute atomic E-state index is 0.00262. The first-order chi connectivity index (χ1) is 11.5. The van der Waals surface area contributed by atoms with Gasteiger partial charge in [0, 0.05) is 37.6 Å². The summed E-state index contributed by atoms with van der Waals surface area (Å²) in [7, 11) is 0. The molecule has 2 aromatic carbocycles. The molecule has 0 aromatic heterocycles. The smallest absolute Gasteiger partial charge is 0.321 e. The standard InChI is InChI=1S/C18H19ClFN3O/c1-13-4-2-3-5-17(13)22-8-10-23(11-9-22)18(24)21-14-6-7-16(20)15(19)12-14/h2-7,12H,8-11H2,1H3,(H,21,24). The summed E-state index contributed by atoms with van der Waals surface area (Å²) in [5.74, 6) is -0.499. The average Bonchev–Trinajstić information content (AvgIpc) is 2.59. The monoisotopic (exact) mass is 347 g/mol. The van der Waals surface area contributed by atoms with Gasteiger partial charge >= 0.3 is 6.03 Å². The van der Waals surface area contributed by atoms with Gasteiger partial charge in [-0.15, -0.1) is 0 Å². The van der Waals surface area contributed by atoms with Crippen LogP contribution in [0.15, 0.2) is 42.5 Å². The number of carbonyl (C=O) groups is 1. The maximum atomic E-state index is 13.2. The first-order valence-electron chi connectivity index (χ1n) is 7.86. The molecule has 0 saturated carbocycles. The molecule has 1 saturated heterocycles. The Morgan fingerprint density at radius 1 is 1.12 bits per heavy atom. The second-order valence-corrected chi connectivity index (χ2v) is 6.23. The first kappa shape index (κ1) is 16.6. The normalized spacial score (nSPS) is 14.6. The van der Waals surface area contributed by atoms with Gasteiger partial charge in [0.15, 0.2) is 0 Å². The number of hydrogen-bond donors (Lipinski definition) is 1. The number of urea groups is 1. The largest absolute Gasteiger partial charge is 0.368 e. The summed E-state index contributed by atoms with van der Waals surface area (Å²) in [6.45, 7) is 4.92. The number of nitrogens with one attached hydrogen (secondary N) is 1. The summed E-state index contributed by atoms with van der Waals surface area (Å²) >= 11 is 5.74. The van der Waals surface area contributed by atoms with Gasteiger partial charge in [0.2, 0.25) is 0 Å². The fourth-order valence-corrected chi connectivity index (χ4v) is 3.03. The van der Waals surface area contributed by atoms with Crippen LogP contribution in [0, 0.1) is 12.7 Å². The van der Waals surface area contributed by atoms with Gasteiger partial charge in [-0.3, -0.25) is 0 Å². The van der Waals surface area contributed by atoms with Crippen LogP contribution in [-0.2, 0) is 0 Å². The number of benzene rings is 2. The van der Waals surface area contributed by atoms with E-state index >= 15 is 0 Å². The van der Waals surface area contributed by atoms with Gasteiger partial charge < -0.3 is 15.1 Å². The van der Waals surface area contributed by atoms with Gasteiger partial charge in [0.1, 0.15) is 5.82 Å². The second kappa shape index (κ2) is 7.09. The summed E-state index contributed by atoms with van der Waals surface area (Å²) in [6.07, 6.45) is 0. The third kappa shape index (κ3) is 3.62. The Kier molecular flexibility index (Phi) is 4.90. The fourth-order valence-electron chi connectivity index (χ4n) is 2.85. The summed E-state index contributed by atoms with van der Waals surface area (Å²) in [6, 6.07) is 12.2.